The molecule has 0 aliphatic carbocycles. The largest absolute Gasteiger partial charge is 0.249 e. The van der Waals surface area contributed by atoms with E-state index in [2.05, 4.69) is 40.1 Å². The van der Waals surface area contributed by atoms with Gasteiger partial charge >= 0.3 is 0 Å². The van der Waals surface area contributed by atoms with E-state index in [4.69, 9.17) is 0 Å². The van der Waals surface area contributed by atoms with Crippen molar-refractivity contribution in [2.24, 2.45) is 0 Å². The molecule has 2 nitrogen and oxygen atoms in total. The first-order chi connectivity index (χ1) is 4.00. The molecule has 2 heteroatoms. The molecular formula is C7H19N2+. The third-order valence-corrected chi connectivity index (χ3v) is 1.85. The van der Waals surface area contributed by atoms with Crippen LogP contribution in [-0.2, 0) is 0 Å². The molecule has 0 unspecified atom stereocenters. The van der Waals surface area contributed by atoms with Crippen molar-refractivity contribution >= 4 is 0 Å². The Labute approximate surface area is 58.6 Å². The van der Waals surface area contributed by atoms with Gasteiger partial charge in [-0.2, -0.15) is 5.01 Å². The highest BCUT2D eigenvalue weighted by Gasteiger charge is 2.15. The van der Waals surface area contributed by atoms with Crippen LogP contribution in [0.4, 0.5) is 0 Å². The Morgan fingerprint density at radius 3 is 1.78 bits per heavy atom. The first-order valence-electron chi connectivity index (χ1n) is 3.51. The van der Waals surface area contributed by atoms with Gasteiger partial charge in [0.2, 0.25) is 0 Å². The predicted molar refractivity (Wildman–Crippen MR) is 41.0 cm³/mol. The molecule has 0 spiro atoms. The van der Waals surface area contributed by atoms with Crippen molar-refractivity contribution in [2.75, 3.05) is 34.7 Å². The maximum atomic E-state index is 2.21. The minimum absolute atomic E-state index is 0.983. The van der Waals surface area contributed by atoms with Gasteiger partial charge in [-0.1, -0.05) is 6.92 Å². The maximum Gasteiger partial charge on any atom is 0.0956 e. The zero-order valence-corrected chi connectivity index (χ0v) is 7.31. The lowest BCUT2D eigenvalue weighted by Crippen LogP contribution is -2.50. The van der Waals surface area contributed by atoms with E-state index < -0.39 is 0 Å². The molecule has 0 heterocycles. The highest BCUT2D eigenvalue weighted by Crippen LogP contribution is 1.99. The molecule has 0 aromatic rings. The minimum Gasteiger partial charge on any atom is -0.249 e. The second-order valence-corrected chi connectivity index (χ2v) is 3.19. The lowest BCUT2D eigenvalue weighted by molar-refractivity contribution is -0.997. The van der Waals surface area contributed by atoms with Gasteiger partial charge in [0, 0.05) is 14.1 Å². The molecule has 0 aliphatic heterocycles. The van der Waals surface area contributed by atoms with Crippen molar-refractivity contribution in [3.05, 3.63) is 0 Å². The van der Waals surface area contributed by atoms with E-state index in [1.54, 1.807) is 0 Å². The van der Waals surface area contributed by atoms with Crippen LogP contribution in [0.1, 0.15) is 13.3 Å². The average Bonchev–Trinajstić information content (AvgIpc) is 1.65. The summed E-state index contributed by atoms with van der Waals surface area (Å²) in [4.78, 5) is 0. The zero-order valence-electron chi connectivity index (χ0n) is 7.31. The van der Waals surface area contributed by atoms with Crippen LogP contribution >= 0.6 is 0 Å². The Hall–Kier alpha value is -0.0800. The van der Waals surface area contributed by atoms with E-state index in [1.807, 2.05) is 0 Å². The molecule has 0 rings (SSSR count). The first kappa shape index (κ1) is 8.92. The van der Waals surface area contributed by atoms with E-state index in [0.717, 1.165) is 4.59 Å². The summed E-state index contributed by atoms with van der Waals surface area (Å²) in [6.45, 7) is 3.43. The Morgan fingerprint density at radius 2 is 1.67 bits per heavy atom. The van der Waals surface area contributed by atoms with Crippen LogP contribution in [0, 0.1) is 0 Å². The molecule has 0 fully saturated rings. The summed E-state index contributed by atoms with van der Waals surface area (Å²) in [5, 5.41) is 2.21. The van der Waals surface area contributed by atoms with Gasteiger partial charge in [0.1, 0.15) is 0 Å². The van der Waals surface area contributed by atoms with Crippen LogP contribution in [0.2, 0.25) is 0 Å². The van der Waals surface area contributed by atoms with Gasteiger partial charge in [-0.05, 0) is 6.42 Å². The van der Waals surface area contributed by atoms with Crippen LogP contribution in [0.25, 0.3) is 0 Å². The summed E-state index contributed by atoms with van der Waals surface area (Å²) >= 11 is 0. The average molecular weight is 131 g/mol. The summed E-state index contributed by atoms with van der Waals surface area (Å²) in [5.74, 6) is 0. The molecule has 0 aromatic heterocycles. The van der Waals surface area contributed by atoms with Crippen molar-refractivity contribution in [3.63, 3.8) is 0 Å². The van der Waals surface area contributed by atoms with Gasteiger partial charge in [0.25, 0.3) is 0 Å². The monoisotopic (exact) mass is 131 g/mol. The van der Waals surface area contributed by atoms with E-state index in [1.165, 1.54) is 13.0 Å². The number of hydrogen-bond donors (Lipinski definition) is 0. The summed E-state index contributed by atoms with van der Waals surface area (Å²) in [6, 6.07) is 0. The Bertz CT molecular complexity index is 77.0. The van der Waals surface area contributed by atoms with E-state index in [9.17, 15) is 0 Å². The van der Waals surface area contributed by atoms with E-state index in [-0.39, 0.29) is 0 Å². The molecular weight excluding hydrogens is 112 g/mol. The molecule has 9 heavy (non-hydrogen) atoms. The molecule has 0 aliphatic rings. The SMILES string of the molecule is CCC[N+](C)(C)N(C)C. The van der Waals surface area contributed by atoms with Crippen molar-refractivity contribution in [3.8, 4) is 0 Å². The number of rotatable bonds is 3. The minimum atomic E-state index is 0.983. The summed E-state index contributed by atoms with van der Waals surface area (Å²) in [7, 11) is 8.64. The second kappa shape index (κ2) is 3.18. The lowest BCUT2D eigenvalue weighted by atomic mass is 10.4. The molecule has 0 saturated carbocycles. The predicted octanol–water partition coefficient (Wildman–Crippen LogP) is 0.949. The van der Waals surface area contributed by atoms with E-state index >= 15 is 0 Å². The van der Waals surface area contributed by atoms with Gasteiger partial charge in [-0.3, -0.25) is 0 Å². The number of nitrogens with zero attached hydrogens (tertiary/aromatic N) is 2. The molecule has 0 saturated heterocycles. The van der Waals surface area contributed by atoms with Gasteiger partial charge in [-0.15, -0.1) is 0 Å². The summed E-state index contributed by atoms with van der Waals surface area (Å²) in [5.41, 5.74) is 0. The van der Waals surface area contributed by atoms with Crippen LogP contribution in [0.5, 0.6) is 0 Å². The molecule has 0 bridgehead atoms. The van der Waals surface area contributed by atoms with Gasteiger partial charge < -0.3 is 0 Å². The molecule has 0 amide bonds. The van der Waals surface area contributed by atoms with Crippen LogP contribution < -0.4 is 0 Å². The molecule has 0 aromatic carbocycles. The second-order valence-electron chi connectivity index (χ2n) is 3.19. The summed E-state index contributed by atoms with van der Waals surface area (Å²) in [6.07, 6.45) is 1.24. The summed E-state index contributed by atoms with van der Waals surface area (Å²) < 4.78 is 0.983. The molecule has 0 atom stereocenters. The molecule has 0 N–H and O–H groups in total. The van der Waals surface area contributed by atoms with Gasteiger partial charge in [0.15, 0.2) is 0 Å². The normalized spacial score (nSPS) is 12.7. The maximum absolute atomic E-state index is 2.21. The fourth-order valence-corrected chi connectivity index (χ4v) is 0.747. The highest BCUT2D eigenvalue weighted by atomic mass is 15.7. The zero-order chi connectivity index (χ0) is 7.49. The van der Waals surface area contributed by atoms with Crippen LogP contribution in [-0.4, -0.2) is 44.3 Å². The van der Waals surface area contributed by atoms with Crippen molar-refractivity contribution in [1.82, 2.24) is 5.01 Å². The number of quaternary nitrogens is 1. The van der Waals surface area contributed by atoms with Crippen LogP contribution in [0.15, 0.2) is 0 Å². The highest BCUT2D eigenvalue weighted by molar-refractivity contribution is 4.23. The third-order valence-electron chi connectivity index (χ3n) is 1.85. The Balaban J connectivity index is 3.70. The van der Waals surface area contributed by atoms with Crippen LogP contribution in [0.3, 0.4) is 0 Å². The van der Waals surface area contributed by atoms with Gasteiger partial charge in [-0.25, -0.2) is 4.59 Å². The fraction of sp³-hybridized carbons (Fsp3) is 1.00. The standard InChI is InChI=1S/C7H19N2/c1-6-7-9(4,5)8(2)3/h6-7H2,1-5H3/q+1. The first-order valence-corrected chi connectivity index (χ1v) is 3.51. The van der Waals surface area contributed by atoms with E-state index in [0.29, 0.717) is 0 Å². The Kier molecular flexibility index (Phi) is 3.15. The third kappa shape index (κ3) is 2.82. The molecule has 56 valence electrons. The van der Waals surface area contributed by atoms with Crippen molar-refractivity contribution in [2.45, 2.75) is 13.3 Å². The molecule has 0 radical (unpaired) electrons. The smallest absolute Gasteiger partial charge is 0.0956 e. The topological polar surface area (TPSA) is 3.24 Å². The lowest BCUT2D eigenvalue weighted by Gasteiger charge is -2.34. The van der Waals surface area contributed by atoms with Crippen molar-refractivity contribution in [1.29, 1.82) is 0 Å². The Morgan fingerprint density at radius 1 is 1.22 bits per heavy atom. The van der Waals surface area contributed by atoms with Crippen molar-refractivity contribution < 1.29 is 4.59 Å². The number of hydrogen-bond acceptors (Lipinski definition) is 1. The fourth-order valence-electron chi connectivity index (χ4n) is 0.747. The van der Waals surface area contributed by atoms with Gasteiger partial charge in [0.05, 0.1) is 20.6 Å². The quantitative estimate of drug-likeness (QED) is 0.407.